The normalized spacial score (nSPS) is 26.1. The fourth-order valence-electron chi connectivity index (χ4n) is 4.12. The van der Waals surface area contributed by atoms with Crippen molar-refractivity contribution in [3.05, 3.63) is 34.1 Å². The van der Waals surface area contributed by atoms with Gasteiger partial charge in [-0.05, 0) is 56.3 Å². The fourth-order valence-corrected chi connectivity index (χ4v) is 4.71. The summed E-state index contributed by atoms with van der Waals surface area (Å²) in [6.45, 7) is 0.849. The Morgan fingerprint density at radius 3 is 2.81 bits per heavy atom. The summed E-state index contributed by atoms with van der Waals surface area (Å²) in [7, 11) is 2.00. The maximum Gasteiger partial charge on any atom is 0.124 e. The van der Waals surface area contributed by atoms with Gasteiger partial charge >= 0.3 is 0 Å². The van der Waals surface area contributed by atoms with Crippen molar-refractivity contribution < 1.29 is 9.13 Å². The first-order chi connectivity index (χ1) is 10.1. The van der Waals surface area contributed by atoms with Crippen molar-refractivity contribution in [3.8, 4) is 0 Å². The van der Waals surface area contributed by atoms with Gasteiger partial charge in [0.15, 0.2) is 0 Å². The molecule has 1 saturated carbocycles. The molecule has 2 atom stereocenters. The first-order valence-corrected chi connectivity index (χ1v) is 8.69. The molecule has 0 radical (unpaired) electrons. The molecule has 2 nitrogen and oxygen atoms in total. The summed E-state index contributed by atoms with van der Waals surface area (Å²) in [5.41, 5.74) is 1.27. The van der Waals surface area contributed by atoms with E-state index in [1.165, 1.54) is 25.7 Å². The van der Waals surface area contributed by atoms with Crippen LogP contribution in [-0.2, 0) is 4.74 Å². The van der Waals surface area contributed by atoms with E-state index >= 15 is 0 Å². The van der Waals surface area contributed by atoms with Gasteiger partial charge in [0.1, 0.15) is 5.82 Å². The topological polar surface area (TPSA) is 21.3 Å². The second-order valence-electron chi connectivity index (χ2n) is 6.42. The van der Waals surface area contributed by atoms with Crippen LogP contribution in [0.25, 0.3) is 0 Å². The summed E-state index contributed by atoms with van der Waals surface area (Å²) in [5, 5.41) is 3.45. The molecular weight excluding hydrogens is 333 g/mol. The number of hydrogen-bond acceptors (Lipinski definition) is 2. The molecule has 1 aliphatic carbocycles. The second kappa shape index (κ2) is 6.35. The Kier molecular flexibility index (Phi) is 4.67. The lowest BCUT2D eigenvalue weighted by Gasteiger charge is -2.41. The number of ether oxygens (including phenoxy) is 1. The molecule has 1 heterocycles. The van der Waals surface area contributed by atoms with E-state index in [0.29, 0.717) is 5.92 Å². The van der Waals surface area contributed by atoms with Crippen LogP contribution in [0.3, 0.4) is 0 Å². The van der Waals surface area contributed by atoms with E-state index in [1.54, 1.807) is 12.1 Å². The zero-order chi connectivity index (χ0) is 14.9. The average molecular weight is 356 g/mol. The van der Waals surface area contributed by atoms with Crippen LogP contribution in [0.5, 0.6) is 0 Å². The molecule has 2 fully saturated rings. The molecule has 116 valence electrons. The Morgan fingerprint density at radius 2 is 2.14 bits per heavy atom. The molecule has 1 aliphatic heterocycles. The second-order valence-corrected chi connectivity index (χ2v) is 7.28. The summed E-state index contributed by atoms with van der Waals surface area (Å²) in [6, 6.07) is 5.26. The number of nitrogens with one attached hydrogen (secondary N) is 1. The molecule has 0 aromatic heterocycles. The largest absolute Gasteiger partial charge is 0.375 e. The van der Waals surface area contributed by atoms with E-state index < -0.39 is 0 Å². The van der Waals surface area contributed by atoms with Crippen molar-refractivity contribution in [1.29, 1.82) is 0 Å². The average Bonchev–Trinajstić information content (AvgIpc) is 2.90. The van der Waals surface area contributed by atoms with Gasteiger partial charge in [-0.15, -0.1) is 0 Å². The van der Waals surface area contributed by atoms with E-state index in [1.807, 2.05) is 13.1 Å². The van der Waals surface area contributed by atoms with Gasteiger partial charge in [0.25, 0.3) is 0 Å². The van der Waals surface area contributed by atoms with Crippen LogP contribution in [-0.4, -0.2) is 19.3 Å². The van der Waals surface area contributed by atoms with Gasteiger partial charge in [-0.25, -0.2) is 4.39 Å². The van der Waals surface area contributed by atoms with Crippen molar-refractivity contribution in [3.63, 3.8) is 0 Å². The monoisotopic (exact) mass is 355 g/mol. The standard InChI is InChI=1S/C17H23BrFNO/c1-20-16(14-5-4-13(19)10-15(14)18)12-6-9-21-17(11-12)7-2-3-8-17/h4-5,10,12,16,20H,2-3,6-9,11H2,1H3. The third kappa shape index (κ3) is 3.17. The third-order valence-corrected chi connectivity index (χ3v) is 5.81. The van der Waals surface area contributed by atoms with E-state index in [4.69, 9.17) is 4.74 Å². The minimum Gasteiger partial charge on any atom is -0.375 e. The molecule has 0 amide bonds. The maximum absolute atomic E-state index is 13.3. The van der Waals surface area contributed by atoms with E-state index in [-0.39, 0.29) is 17.5 Å². The molecule has 1 aromatic rings. The number of benzene rings is 1. The van der Waals surface area contributed by atoms with Crippen LogP contribution in [0.1, 0.15) is 50.1 Å². The highest BCUT2D eigenvalue weighted by Crippen LogP contribution is 2.46. The lowest BCUT2D eigenvalue weighted by molar-refractivity contribution is -0.0979. The number of rotatable bonds is 3. The van der Waals surface area contributed by atoms with Gasteiger partial charge in [0.2, 0.25) is 0 Å². The van der Waals surface area contributed by atoms with Crippen LogP contribution in [0.4, 0.5) is 4.39 Å². The highest BCUT2D eigenvalue weighted by molar-refractivity contribution is 9.10. The molecule has 3 rings (SSSR count). The minimum absolute atomic E-state index is 0.116. The molecular formula is C17H23BrFNO. The van der Waals surface area contributed by atoms with Crippen molar-refractivity contribution in [2.24, 2.45) is 5.92 Å². The Hall–Kier alpha value is -0.450. The summed E-state index contributed by atoms with van der Waals surface area (Å²) >= 11 is 3.52. The van der Waals surface area contributed by atoms with Gasteiger partial charge in [-0.2, -0.15) is 0 Å². The predicted octanol–water partition coefficient (Wildman–Crippen LogP) is 4.59. The zero-order valence-corrected chi connectivity index (χ0v) is 14.1. The Labute approximate surface area is 134 Å². The van der Waals surface area contributed by atoms with Crippen LogP contribution in [0, 0.1) is 11.7 Å². The van der Waals surface area contributed by atoms with Crippen molar-refractivity contribution in [2.45, 2.75) is 50.2 Å². The lowest BCUT2D eigenvalue weighted by atomic mass is 9.78. The summed E-state index contributed by atoms with van der Waals surface area (Å²) in [6.07, 6.45) is 7.16. The fraction of sp³-hybridized carbons (Fsp3) is 0.647. The maximum atomic E-state index is 13.3. The van der Waals surface area contributed by atoms with E-state index in [0.717, 1.165) is 29.5 Å². The predicted molar refractivity (Wildman–Crippen MR) is 85.8 cm³/mol. The summed E-state index contributed by atoms with van der Waals surface area (Å²) in [5.74, 6) is 0.350. The molecule has 4 heteroatoms. The highest BCUT2D eigenvalue weighted by atomic mass is 79.9. The number of halogens is 2. The van der Waals surface area contributed by atoms with E-state index in [2.05, 4.69) is 21.2 Å². The SMILES string of the molecule is CNC(c1ccc(F)cc1Br)C1CCOC2(CCCC2)C1. The molecule has 0 bridgehead atoms. The quantitative estimate of drug-likeness (QED) is 0.856. The molecule has 2 unspecified atom stereocenters. The van der Waals surface area contributed by atoms with Gasteiger partial charge in [-0.3, -0.25) is 0 Å². The molecule has 1 spiro atoms. The van der Waals surface area contributed by atoms with Crippen molar-refractivity contribution in [1.82, 2.24) is 5.32 Å². The van der Waals surface area contributed by atoms with E-state index in [9.17, 15) is 4.39 Å². The smallest absolute Gasteiger partial charge is 0.124 e. The van der Waals surface area contributed by atoms with Crippen LogP contribution >= 0.6 is 15.9 Å². The first kappa shape index (κ1) is 15.4. The Balaban J connectivity index is 1.82. The molecule has 2 aliphatic rings. The van der Waals surface area contributed by atoms with Gasteiger partial charge in [0, 0.05) is 17.1 Å². The van der Waals surface area contributed by atoms with Crippen molar-refractivity contribution in [2.75, 3.05) is 13.7 Å². The Bertz CT molecular complexity index is 502. The third-order valence-electron chi connectivity index (χ3n) is 5.13. The Morgan fingerprint density at radius 1 is 1.38 bits per heavy atom. The molecule has 1 saturated heterocycles. The van der Waals surface area contributed by atoms with Gasteiger partial charge < -0.3 is 10.1 Å². The van der Waals surface area contributed by atoms with Crippen molar-refractivity contribution >= 4 is 15.9 Å². The summed E-state index contributed by atoms with van der Waals surface area (Å²) < 4.78 is 20.3. The van der Waals surface area contributed by atoms with Gasteiger partial charge in [0.05, 0.1) is 5.60 Å². The molecule has 1 aromatic carbocycles. The number of hydrogen-bond donors (Lipinski definition) is 1. The zero-order valence-electron chi connectivity index (χ0n) is 12.5. The van der Waals surface area contributed by atoms with Crippen LogP contribution in [0.2, 0.25) is 0 Å². The first-order valence-electron chi connectivity index (χ1n) is 7.90. The highest BCUT2D eigenvalue weighted by Gasteiger charge is 2.42. The summed E-state index contributed by atoms with van der Waals surface area (Å²) in [4.78, 5) is 0. The minimum atomic E-state index is -0.195. The van der Waals surface area contributed by atoms with Crippen LogP contribution < -0.4 is 5.32 Å². The molecule has 1 N–H and O–H groups in total. The van der Waals surface area contributed by atoms with Gasteiger partial charge in [-0.1, -0.05) is 34.8 Å². The molecule has 21 heavy (non-hydrogen) atoms. The lowest BCUT2D eigenvalue weighted by Crippen LogP contribution is -2.41. The van der Waals surface area contributed by atoms with Crippen LogP contribution in [0.15, 0.2) is 22.7 Å².